The maximum absolute atomic E-state index is 14.0. The highest BCUT2D eigenvalue weighted by Gasteiger charge is 2.43. The van der Waals surface area contributed by atoms with Crippen molar-refractivity contribution in [1.29, 1.82) is 0 Å². The number of piperazine rings is 1. The van der Waals surface area contributed by atoms with Crippen LogP contribution in [0.5, 0.6) is 0 Å². The monoisotopic (exact) mass is 647 g/mol. The van der Waals surface area contributed by atoms with Crippen LogP contribution in [0.25, 0.3) is 11.3 Å². The van der Waals surface area contributed by atoms with Crippen molar-refractivity contribution >= 4 is 33.2 Å². The van der Waals surface area contributed by atoms with Gasteiger partial charge in [-0.15, -0.1) is 0 Å². The van der Waals surface area contributed by atoms with Crippen LogP contribution in [0.3, 0.4) is 0 Å². The minimum atomic E-state index is -3.73. The standard InChI is InChI=1S/C34H35ClFN5O3S/c1-38-21-32(37-22-38)30-12-10-28(45(43,44)40-15-13-24(14-16-40)23-5-3-2-4-6-23)18-33(30)41-26-8-9-27(41)20-39(19-26)34(42)29-11-7-25(36)17-31(29)35/h2-7,10-12,17-18,21-22,24,26-27H,8-9,13-16,19-20H2,1H3/t26-,27+. The first-order valence-electron chi connectivity index (χ1n) is 15.4. The van der Waals surface area contributed by atoms with Gasteiger partial charge in [0, 0.05) is 62.8 Å². The van der Waals surface area contributed by atoms with Gasteiger partial charge in [-0.05, 0) is 73.6 Å². The lowest BCUT2D eigenvalue weighted by molar-refractivity contribution is 0.0718. The largest absolute Gasteiger partial charge is 0.361 e. The summed E-state index contributed by atoms with van der Waals surface area (Å²) in [4.78, 5) is 22.4. The number of aryl methyl sites for hydroxylation is 1. The molecule has 2 atom stereocenters. The molecule has 4 aromatic rings. The molecule has 0 aliphatic carbocycles. The van der Waals surface area contributed by atoms with E-state index >= 15 is 0 Å². The summed E-state index contributed by atoms with van der Waals surface area (Å²) in [5, 5.41) is 0.0953. The number of sulfonamides is 1. The number of carbonyl (C=O) groups is 1. The second kappa shape index (κ2) is 11.9. The number of piperidine rings is 1. The van der Waals surface area contributed by atoms with Crippen molar-refractivity contribution in [2.45, 2.75) is 48.6 Å². The second-order valence-electron chi connectivity index (χ2n) is 12.3. The van der Waals surface area contributed by atoms with Crippen LogP contribution < -0.4 is 4.90 Å². The van der Waals surface area contributed by atoms with Gasteiger partial charge in [0.05, 0.1) is 27.5 Å². The van der Waals surface area contributed by atoms with E-state index < -0.39 is 15.8 Å². The highest BCUT2D eigenvalue weighted by Crippen LogP contribution is 2.42. The lowest BCUT2D eigenvalue weighted by Crippen LogP contribution is -2.55. The molecule has 0 spiro atoms. The summed E-state index contributed by atoms with van der Waals surface area (Å²) >= 11 is 6.24. The predicted molar refractivity (Wildman–Crippen MR) is 172 cm³/mol. The van der Waals surface area contributed by atoms with Crippen LogP contribution in [0.2, 0.25) is 5.02 Å². The summed E-state index contributed by atoms with van der Waals surface area (Å²) in [5.41, 5.74) is 3.97. The van der Waals surface area contributed by atoms with Gasteiger partial charge in [0.2, 0.25) is 10.0 Å². The average molecular weight is 648 g/mol. The number of rotatable bonds is 6. The van der Waals surface area contributed by atoms with Gasteiger partial charge >= 0.3 is 0 Å². The molecule has 0 saturated carbocycles. The number of anilines is 1. The second-order valence-corrected chi connectivity index (χ2v) is 14.7. The van der Waals surface area contributed by atoms with E-state index in [2.05, 4.69) is 22.0 Å². The summed E-state index contributed by atoms with van der Waals surface area (Å²) in [6.07, 6.45) is 6.94. The van der Waals surface area contributed by atoms with Crippen molar-refractivity contribution in [1.82, 2.24) is 18.8 Å². The first kappa shape index (κ1) is 30.0. The van der Waals surface area contributed by atoms with Crippen molar-refractivity contribution in [2.75, 3.05) is 31.1 Å². The Morgan fingerprint density at radius 3 is 2.29 bits per heavy atom. The number of hydrogen-bond donors (Lipinski definition) is 0. The number of amides is 1. The molecule has 0 radical (unpaired) electrons. The molecule has 2 bridgehead atoms. The molecule has 0 unspecified atom stereocenters. The number of hydrogen-bond acceptors (Lipinski definition) is 5. The van der Waals surface area contributed by atoms with E-state index in [1.807, 2.05) is 48.1 Å². The van der Waals surface area contributed by atoms with Gasteiger partial charge in [0.25, 0.3) is 5.91 Å². The number of halogens is 2. The number of imidazole rings is 1. The van der Waals surface area contributed by atoms with Gasteiger partial charge in [0.15, 0.2) is 0 Å². The summed E-state index contributed by atoms with van der Waals surface area (Å²) < 4.78 is 45.2. The fourth-order valence-corrected chi connectivity index (χ4v) is 8.99. The van der Waals surface area contributed by atoms with E-state index in [1.165, 1.54) is 17.7 Å². The Labute approximate surface area is 268 Å². The molecular formula is C34H35ClFN5O3S. The highest BCUT2D eigenvalue weighted by molar-refractivity contribution is 7.89. The van der Waals surface area contributed by atoms with Gasteiger partial charge in [-0.1, -0.05) is 41.9 Å². The zero-order valence-corrected chi connectivity index (χ0v) is 26.6. The Morgan fingerprint density at radius 1 is 0.933 bits per heavy atom. The van der Waals surface area contributed by atoms with Crippen molar-refractivity contribution < 1.29 is 17.6 Å². The van der Waals surface area contributed by atoms with E-state index in [1.54, 1.807) is 21.6 Å². The lowest BCUT2D eigenvalue weighted by atomic mass is 9.90. The van der Waals surface area contributed by atoms with Crippen LogP contribution in [0.4, 0.5) is 10.1 Å². The Balaban J connectivity index is 1.18. The third-order valence-electron chi connectivity index (χ3n) is 9.52. The van der Waals surface area contributed by atoms with Gasteiger partial charge in [-0.2, -0.15) is 4.31 Å². The molecule has 3 aliphatic rings. The molecule has 4 heterocycles. The normalized spacial score (nSPS) is 21.0. The third kappa shape index (κ3) is 5.64. The van der Waals surface area contributed by atoms with Gasteiger partial charge in [0.1, 0.15) is 5.82 Å². The Hall–Kier alpha value is -3.73. The van der Waals surface area contributed by atoms with Gasteiger partial charge < -0.3 is 14.4 Å². The number of carbonyl (C=O) groups excluding carboxylic acids is 1. The van der Waals surface area contributed by atoms with E-state index in [-0.39, 0.29) is 33.5 Å². The quantitative estimate of drug-likeness (QED) is 0.259. The summed E-state index contributed by atoms with van der Waals surface area (Å²) in [6.45, 7) is 1.84. The van der Waals surface area contributed by atoms with Crippen molar-refractivity contribution in [3.8, 4) is 11.3 Å². The zero-order valence-electron chi connectivity index (χ0n) is 25.0. The molecule has 1 amide bonds. The lowest BCUT2D eigenvalue weighted by Gasteiger charge is -2.43. The Bertz CT molecular complexity index is 1830. The molecule has 3 aromatic carbocycles. The topological polar surface area (TPSA) is 78.8 Å². The smallest absolute Gasteiger partial charge is 0.255 e. The maximum Gasteiger partial charge on any atom is 0.255 e. The van der Waals surface area contributed by atoms with E-state index in [9.17, 15) is 17.6 Å². The molecule has 0 N–H and O–H groups in total. The number of benzene rings is 3. The van der Waals surface area contributed by atoms with Crippen LogP contribution in [0.15, 0.2) is 84.1 Å². The van der Waals surface area contributed by atoms with Crippen LogP contribution in [0, 0.1) is 5.82 Å². The molecule has 7 rings (SSSR count). The summed E-state index contributed by atoms with van der Waals surface area (Å²) in [7, 11) is -1.83. The number of aromatic nitrogens is 2. The SMILES string of the molecule is Cn1cnc(-c2ccc(S(=O)(=O)N3CCC(c4ccccc4)CC3)cc2N2[C@@H]3CC[C@H]2CN(C(=O)c2ccc(F)cc2Cl)C3)c1. The zero-order chi connectivity index (χ0) is 31.3. The molecule has 11 heteroatoms. The Morgan fingerprint density at radius 2 is 1.64 bits per heavy atom. The average Bonchev–Trinajstić information content (AvgIpc) is 3.59. The molecule has 3 aliphatic heterocycles. The molecule has 8 nitrogen and oxygen atoms in total. The van der Waals surface area contributed by atoms with Crippen LogP contribution >= 0.6 is 11.6 Å². The van der Waals surface area contributed by atoms with E-state index in [0.717, 1.165) is 48.7 Å². The summed E-state index contributed by atoms with van der Waals surface area (Å²) in [6, 6.07) is 19.5. The molecule has 3 saturated heterocycles. The van der Waals surface area contributed by atoms with Crippen molar-refractivity contribution in [3.63, 3.8) is 0 Å². The molecule has 1 aromatic heterocycles. The number of nitrogens with zero attached hydrogens (tertiary/aromatic N) is 5. The minimum absolute atomic E-state index is 0.0195. The predicted octanol–water partition coefficient (Wildman–Crippen LogP) is 5.94. The first-order valence-corrected chi connectivity index (χ1v) is 17.2. The number of likely N-dealkylation sites (tertiary alicyclic amines) is 1. The Kier molecular flexibility index (Phi) is 7.91. The summed E-state index contributed by atoms with van der Waals surface area (Å²) in [5.74, 6) is -0.366. The van der Waals surface area contributed by atoms with E-state index in [0.29, 0.717) is 32.1 Å². The minimum Gasteiger partial charge on any atom is -0.361 e. The molecule has 45 heavy (non-hydrogen) atoms. The molecule has 234 valence electrons. The van der Waals surface area contributed by atoms with Crippen molar-refractivity contribution in [3.05, 3.63) is 101 Å². The van der Waals surface area contributed by atoms with Gasteiger partial charge in [-0.3, -0.25) is 4.79 Å². The fourth-order valence-electron chi connectivity index (χ4n) is 7.25. The van der Waals surface area contributed by atoms with Gasteiger partial charge in [-0.25, -0.2) is 17.8 Å². The van der Waals surface area contributed by atoms with Crippen molar-refractivity contribution in [2.24, 2.45) is 7.05 Å². The van der Waals surface area contributed by atoms with Crippen LogP contribution in [0.1, 0.15) is 47.5 Å². The fraction of sp³-hybridized carbons (Fsp3) is 0.353. The first-order chi connectivity index (χ1) is 21.7. The molecular weight excluding hydrogens is 613 g/mol. The third-order valence-corrected chi connectivity index (χ3v) is 11.7. The highest BCUT2D eigenvalue weighted by atomic mass is 35.5. The van der Waals surface area contributed by atoms with E-state index in [4.69, 9.17) is 11.6 Å². The molecule has 3 fully saturated rings. The number of fused-ring (bicyclic) bond motifs is 2. The maximum atomic E-state index is 14.0. The van der Waals surface area contributed by atoms with Crippen LogP contribution in [-0.4, -0.2) is 71.3 Å². The van der Waals surface area contributed by atoms with Crippen LogP contribution in [-0.2, 0) is 17.1 Å².